The summed E-state index contributed by atoms with van der Waals surface area (Å²) < 4.78 is 64.2. The van der Waals surface area contributed by atoms with Gasteiger partial charge in [0.2, 0.25) is 16.8 Å². The van der Waals surface area contributed by atoms with Gasteiger partial charge in [0.05, 0.1) is 0 Å². The lowest BCUT2D eigenvalue weighted by Crippen LogP contribution is -2.39. The average Bonchev–Trinajstić information content (AvgIpc) is 3.00. The molecule has 2 N–H and O–H groups in total. The highest BCUT2D eigenvalue weighted by Crippen LogP contribution is 2.35. The van der Waals surface area contributed by atoms with Gasteiger partial charge in [0, 0.05) is 6.54 Å². The van der Waals surface area contributed by atoms with E-state index in [-0.39, 0.29) is 6.79 Å². The first-order valence-electron chi connectivity index (χ1n) is 7.27. The zero-order chi connectivity index (χ0) is 18.2. The molecule has 0 aromatic heterocycles. The van der Waals surface area contributed by atoms with Gasteiger partial charge in [-0.15, -0.1) is 0 Å². The van der Waals surface area contributed by atoms with Crippen LogP contribution in [0.2, 0.25) is 0 Å². The molecule has 1 atom stereocenters. The Hall–Kier alpha value is -2.23. The van der Waals surface area contributed by atoms with Crippen LogP contribution < -0.4 is 14.2 Å². The summed E-state index contributed by atoms with van der Waals surface area (Å²) in [5.41, 5.74) is -1.29. The molecule has 3 rings (SSSR count). The van der Waals surface area contributed by atoms with Gasteiger partial charge in [-0.1, -0.05) is 12.1 Å². The molecule has 0 aliphatic carbocycles. The largest absolute Gasteiger partial charge is 0.454 e. The highest BCUT2D eigenvalue weighted by atomic mass is 32.2. The van der Waals surface area contributed by atoms with Crippen molar-refractivity contribution in [3.8, 4) is 11.5 Å². The molecule has 6 nitrogen and oxygen atoms in total. The van der Waals surface area contributed by atoms with E-state index in [0.717, 1.165) is 18.2 Å². The minimum Gasteiger partial charge on any atom is -0.454 e. The molecule has 0 amide bonds. The highest BCUT2D eigenvalue weighted by Gasteiger charge is 2.30. The smallest absolute Gasteiger partial charge is 0.246 e. The Bertz CT molecular complexity index is 894. The van der Waals surface area contributed by atoms with Gasteiger partial charge in [-0.05, 0) is 36.8 Å². The third-order valence-corrected chi connectivity index (χ3v) is 5.24. The topological polar surface area (TPSA) is 84.9 Å². The summed E-state index contributed by atoms with van der Waals surface area (Å²) in [6, 6.07) is 7.39. The highest BCUT2D eigenvalue weighted by molar-refractivity contribution is 7.89. The fourth-order valence-corrected chi connectivity index (χ4v) is 3.65. The van der Waals surface area contributed by atoms with Gasteiger partial charge in [0.15, 0.2) is 16.4 Å². The Labute approximate surface area is 143 Å². The van der Waals surface area contributed by atoms with E-state index in [1.807, 2.05) is 4.72 Å². The molecule has 1 heterocycles. The SMILES string of the molecule is CC(O)(CNS(=O)(=O)c1c(F)cccc1F)c1ccc2c(c1)OCO2. The number of halogens is 2. The van der Waals surface area contributed by atoms with E-state index >= 15 is 0 Å². The number of hydrogen-bond donors (Lipinski definition) is 2. The number of rotatable bonds is 5. The predicted octanol–water partition coefficient (Wildman–Crippen LogP) is 1.88. The number of fused-ring (bicyclic) bond motifs is 1. The van der Waals surface area contributed by atoms with Crippen molar-refractivity contribution >= 4 is 10.0 Å². The molecule has 0 saturated carbocycles. The first kappa shape index (κ1) is 17.6. The van der Waals surface area contributed by atoms with Gasteiger partial charge in [0.1, 0.15) is 17.2 Å². The molecule has 9 heteroatoms. The summed E-state index contributed by atoms with van der Waals surface area (Å²) in [6.07, 6.45) is 0. The van der Waals surface area contributed by atoms with Gasteiger partial charge in [-0.25, -0.2) is 21.9 Å². The number of hydrogen-bond acceptors (Lipinski definition) is 5. The Morgan fingerprint density at radius 3 is 2.48 bits per heavy atom. The molecule has 1 aliphatic heterocycles. The van der Waals surface area contributed by atoms with Gasteiger partial charge < -0.3 is 14.6 Å². The van der Waals surface area contributed by atoms with E-state index in [0.29, 0.717) is 17.1 Å². The lowest BCUT2D eigenvalue weighted by molar-refractivity contribution is 0.0625. The fraction of sp³-hybridized carbons (Fsp3) is 0.250. The van der Waals surface area contributed by atoms with Crippen molar-refractivity contribution in [3.63, 3.8) is 0 Å². The molecule has 1 unspecified atom stereocenters. The first-order chi connectivity index (χ1) is 11.7. The van der Waals surface area contributed by atoms with E-state index in [4.69, 9.17) is 9.47 Å². The number of aliphatic hydroxyl groups is 1. The fourth-order valence-electron chi connectivity index (χ4n) is 2.38. The molecule has 0 spiro atoms. The minimum absolute atomic E-state index is 0.0557. The van der Waals surface area contributed by atoms with Gasteiger partial charge in [0.25, 0.3) is 0 Å². The predicted molar refractivity (Wildman–Crippen MR) is 83.7 cm³/mol. The number of sulfonamides is 1. The average molecular weight is 371 g/mol. The van der Waals surface area contributed by atoms with Crippen LogP contribution in [0, 0.1) is 11.6 Å². The van der Waals surface area contributed by atoms with Crippen LogP contribution in [0.1, 0.15) is 12.5 Å². The minimum atomic E-state index is -4.49. The van der Waals surface area contributed by atoms with Gasteiger partial charge >= 0.3 is 0 Å². The maximum atomic E-state index is 13.7. The van der Waals surface area contributed by atoms with E-state index in [9.17, 15) is 22.3 Å². The van der Waals surface area contributed by atoms with Crippen LogP contribution in [0.5, 0.6) is 11.5 Å². The Balaban J connectivity index is 1.82. The second-order valence-electron chi connectivity index (χ2n) is 5.72. The van der Waals surface area contributed by atoms with Gasteiger partial charge in [-0.2, -0.15) is 0 Å². The first-order valence-corrected chi connectivity index (χ1v) is 8.75. The van der Waals surface area contributed by atoms with Crippen LogP contribution in [-0.2, 0) is 15.6 Å². The molecule has 25 heavy (non-hydrogen) atoms. The summed E-state index contributed by atoms with van der Waals surface area (Å²) in [4.78, 5) is -1.09. The van der Waals surface area contributed by atoms with Crippen LogP contribution in [-0.4, -0.2) is 26.9 Å². The molecule has 2 aromatic rings. The molecular formula is C16H15F2NO5S. The third kappa shape index (κ3) is 3.44. The Kier molecular flexibility index (Phi) is 4.40. The zero-order valence-electron chi connectivity index (χ0n) is 13.1. The number of ether oxygens (including phenoxy) is 2. The molecule has 2 aromatic carbocycles. The maximum absolute atomic E-state index is 13.7. The van der Waals surface area contributed by atoms with E-state index in [2.05, 4.69) is 0 Å². The van der Waals surface area contributed by atoms with Crippen LogP contribution in [0.3, 0.4) is 0 Å². The number of nitrogens with one attached hydrogen (secondary N) is 1. The summed E-state index contributed by atoms with van der Waals surface area (Å²) in [7, 11) is -4.49. The normalized spacial score (nSPS) is 15.8. The van der Waals surface area contributed by atoms with Crippen molar-refractivity contribution in [1.82, 2.24) is 4.72 Å². The molecule has 134 valence electrons. The molecule has 0 fully saturated rings. The van der Waals surface area contributed by atoms with E-state index in [1.165, 1.54) is 13.0 Å². The van der Waals surface area contributed by atoms with Crippen LogP contribution in [0.15, 0.2) is 41.3 Å². The van der Waals surface area contributed by atoms with Crippen LogP contribution >= 0.6 is 0 Å². The molecule has 0 saturated heterocycles. The van der Waals surface area contributed by atoms with E-state index < -0.39 is 38.7 Å². The third-order valence-electron chi connectivity index (χ3n) is 3.79. The second kappa shape index (κ2) is 6.25. The second-order valence-corrected chi connectivity index (χ2v) is 7.42. The Morgan fingerprint density at radius 1 is 1.16 bits per heavy atom. The summed E-state index contributed by atoms with van der Waals surface area (Å²) in [5.74, 6) is -1.50. The lowest BCUT2D eigenvalue weighted by atomic mass is 9.96. The Morgan fingerprint density at radius 2 is 1.80 bits per heavy atom. The molecule has 0 bridgehead atoms. The van der Waals surface area contributed by atoms with Crippen LogP contribution in [0.4, 0.5) is 8.78 Å². The molecule has 0 radical (unpaired) electrons. The lowest BCUT2D eigenvalue weighted by Gasteiger charge is -2.24. The summed E-state index contributed by atoms with van der Waals surface area (Å²) in [5, 5.41) is 10.6. The monoisotopic (exact) mass is 371 g/mol. The zero-order valence-corrected chi connectivity index (χ0v) is 13.9. The summed E-state index contributed by atoms with van der Waals surface area (Å²) in [6.45, 7) is 0.924. The van der Waals surface area contributed by atoms with Crippen molar-refractivity contribution in [2.75, 3.05) is 13.3 Å². The van der Waals surface area contributed by atoms with E-state index in [1.54, 1.807) is 12.1 Å². The van der Waals surface area contributed by atoms with Crippen molar-refractivity contribution in [2.45, 2.75) is 17.4 Å². The van der Waals surface area contributed by atoms with Crippen molar-refractivity contribution < 1.29 is 31.8 Å². The maximum Gasteiger partial charge on any atom is 0.246 e. The van der Waals surface area contributed by atoms with Gasteiger partial charge in [-0.3, -0.25) is 0 Å². The van der Waals surface area contributed by atoms with Crippen molar-refractivity contribution in [1.29, 1.82) is 0 Å². The van der Waals surface area contributed by atoms with Crippen LogP contribution in [0.25, 0.3) is 0 Å². The quantitative estimate of drug-likeness (QED) is 0.838. The standard InChI is InChI=1S/C16H15F2NO5S/c1-16(20,10-5-6-13-14(7-10)24-9-23-13)8-19-25(21,22)15-11(17)3-2-4-12(15)18/h2-7,19-20H,8-9H2,1H3. The molecule has 1 aliphatic rings. The van der Waals surface area contributed by atoms with Crippen molar-refractivity contribution in [3.05, 3.63) is 53.6 Å². The molecular weight excluding hydrogens is 356 g/mol. The van der Waals surface area contributed by atoms with Crippen molar-refractivity contribution in [2.24, 2.45) is 0 Å². The number of benzene rings is 2. The summed E-state index contributed by atoms with van der Waals surface area (Å²) >= 11 is 0.